The van der Waals surface area contributed by atoms with Crippen LogP contribution in [0, 0.1) is 0 Å². The maximum Gasteiger partial charge on any atom is 0.162 e. The molecule has 2 aromatic rings. The zero-order valence-electron chi connectivity index (χ0n) is 12.4. The van der Waals surface area contributed by atoms with Crippen LogP contribution in [0.3, 0.4) is 0 Å². The van der Waals surface area contributed by atoms with E-state index < -0.39 is 0 Å². The monoisotopic (exact) mass is 286 g/mol. The van der Waals surface area contributed by atoms with Crippen molar-refractivity contribution < 1.29 is 19.0 Å². The van der Waals surface area contributed by atoms with Gasteiger partial charge in [-0.1, -0.05) is 12.1 Å². The minimum Gasteiger partial charge on any atom is -0.497 e. The zero-order valence-corrected chi connectivity index (χ0v) is 12.4. The normalized spacial score (nSPS) is 10.0. The Bertz CT molecular complexity index is 617. The van der Waals surface area contributed by atoms with Crippen LogP contribution in [-0.2, 0) is 6.61 Å². The minimum atomic E-state index is -0.00745. The van der Waals surface area contributed by atoms with Gasteiger partial charge >= 0.3 is 0 Å². The van der Waals surface area contributed by atoms with E-state index in [1.54, 1.807) is 32.4 Å². The Morgan fingerprint density at radius 3 is 2.24 bits per heavy atom. The largest absolute Gasteiger partial charge is 0.497 e. The molecule has 4 heteroatoms. The van der Waals surface area contributed by atoms with Crippen LogP contribution < -0.4 is 14.2 Å². The second-order valence-corrected chi connectivity index (χ2v) is 4.56. The average molecular weight is 286 g/mol. The molecule has 0 saturated carbocycles. The predicted octanol–water partition coefficient (Wildman–Crippen LogP) is 3.49. The highest BCUT2D eigenvalue weighted by Crippen LogP contribution is 2.29. The number of Topliss-reactive ketones (excluding diaryl/α,β-unsaturated/α-hetero) is 1. The van der Waals surface area contributed by atoms with E-state index in [1.165, 1.54) is 6.92 Å². The van der Waals surface area contributed by atoms with Crippen molar-refractivity contribution in [2.24, 2.45) is 0 Å². The molecule has 0 saturated heterocycles. The lowest BCUT2D eigenvalue weighted by molar-refractivity contribution is 0.101. The van der Waals surface area contributed by atoms with Crippen LogP contribution in [0.2, 0.25) is 0 Å². The van der Waals surface area contributed by atoms with Gasteiger partial charge in [-0.15, -0.1) is 0 Å². The highest BCUT2D eigenvalue weighted by atomic mass is 16.5. The highest BCUT2D eigenvalue weighted by molar-refractivity contribution is 5.94. The molecule has 0 radical (unpaired) electrons. The van der Waals surface area contributed by atoms with Crippen molar-refractivity contribution in [3.05, 3.63) is 53.6 Å². The fourth-order valence-corrected chi connectivity index (χ4v) is 1.89. The van der Waals surface area contributed by atoms with E-state index in [2.05, 4.69) is 0 Å². The second-order valence-electron chi connectivity index (χ2n) is 4.56. The molecule has 0 aliphatic rings. The van der Waals surface area contributed by atoms with Crippen LogP contribution in [0.25, 0.3) is 0 Å². The summed E-state index contributed by atoms with van der Waals surface area (Å²) in [6, 6.07) is 12.8. The first-order chi connectivity index (χ1) is 10.1. The van der Waals surface area contributed by atoms with Gasteiger partial charge < -0.3 is 14.2 Å². The molecule has 0 atom stereocenters. The SMILES string of the molecule is COc1ccc(COc2cc(C(C)=O)ccc2OC)cc1. The summed E-state index contributed by atoms with van der Waals surface area (Å²) in [7, 11) is 3.20. The van der Waals surface area contributed by atoms with Crippen molar-refractivity contribution in [1.29, 1.82) is 0 Å². The number of hydrogen-bond donors (Lipinski definition) is 0. The van der Waals surface area contributed by atoms with Gasteiger partial charge in [0, 0.05) is 5.56 Å². The number of carbonyl (C=O) groups is 1. The number of methoxy groups -OCH3 is 2. The third kappa shape index (κ3) is 3.75. The molecule has 0 aliphatic carbocycles. The molecule has 110 valence electrons. The molecule has 0 spiro atoms. The van der Waals surface area contributed by atoms with E-state index in [-0.39, 0.29) is 5.78 Å². The molecular weight excluding hydrogens is 268 g/mol. The first kappa shape index (κ1) is 14.9. The summed E-state index contributed by atoms with van der Waals surface area (Å²) in [6.07, 6.45) is 0. The molecular formula is C17H18O4. The van der Waals surface area contributed by atoms with Crippen molar-refractivity contribution in [2.75, 3.05) is 14.2 Å². The Morgan fingerprint density at radius 2 is 1.67 bits per heavy atom. The quantitative estimate of drug-likeness (QED) is 0.763. The van der Waals surface area contributed by atoms with Gasteiger partial charge in [0.25, 0.3) is 0 Å². The van der Waals surface area contributed by atoms with Gasteiger partial charge in [-0.25, -0.2) is 0 Å². The number of benzene rings is 2. The van der Waals surface area contributed by atoms with Crippen molar-refractivity contribution >= 4 is 5.78 Å². The van der Waals surface area contributed by atoms with Crippen molar-refractivity contribution in [3.8, 4) is 17.2 Å². The van der Waals surface area contributed by atoms with Crippen LogP contribution in [0.4, 0.5) is 0 Å². The van der Waals surface area contributed by atoms with Gasteiger partial charge in [0.15, 0.2) is 17.3 Å². The molecule has 21 heavy (non-hydrogen) atoms. The van der Waals surface area contributed by atoms with E-state index in [1.807, 2.05) is 24.3 Å². The minimum absolute atomic E-state index is 0.00745. The average Bonchev–Trinajstić information content (AvgIpc) is 2.53. The number of hydrogen-bond acceptors (Lipinski definition) is 4. The maximum atomic E-state index is 11.4. The summed E-state index contributed by atoms with van der Waals surface area (Å²) in [4.78, 5) is 11.4. The number of carbonyl (C=O) groups excluding carboxylic acids is 1. The Hall–Kier alpha value is -2.49. The van der Waals surface area contributed by atoms with Crippen LogP contribution >= 0.6 is 0 Å². The van der Waals surface area contributed by atoms with Gasteiger partial charge in [-0.2, -0.15) is 0 Å². The summed E-state index contributed by atoms with van der Waals surface area (Å²) in [5, 5.41) is 0. The molecule has 0 fully saturated rings. The van der Waals surface area contributed by atoms with E-state index in [0.717, 1.165) is 11.3 Å². The number of ketones is 1. The second kappa shape index (κ2) is 6.79. The van der Waals surface area contributed by atoms with Gasteiger partial charge in [-0.3, -0.25) is 4.79 Å². The van der Waals surface area contributed by atoms with E-state index in [0.29, 0.717) is 23.7 Å². The Morgan fingerprint density at radius 1 is 0.952 bits per heavy atom. The summed E-state index contributed by atoms with van der Waals surface area (Å²) in [6.45, 7) is 1.91. The first-order valence-corrected chi connectivity index (χ1v) is 6.58. The Kier molecular flexibility index (Phi) is 4.82. The van der Waals surface area contributed by atoms with Gasteiger partial charge in [0.05, 0.1) is 14.2 Å². The molecule has 0 N–H and O–H groups in total. The Labute approximate surface area is 124 Å². The zero-order chi connectivity index (χ0) is 15.2. The third-order valence-corrected chi connectivity index (χ3v) is 3.12. The smallest absolute Gasteiger partial charge is 0.162 e. The van der Waals surface area contributed by atoms with E-state index >= 15 is 0 Å². The van der Waals surface area contributed by atoms with Gasteiger partial charge in [0.1, 0.15) is 12.4 Å². The first-order valence-electron chi connectivity index (χ1n) is 6.58. The fraction of sp³-hybridized carbons (Fsp3) is 0.235. The van der Waals surface area contributed by atoms with Gasteiger partial charge in [-0.05, 0) is 42.8 Å². The van der Waals surface area contributed by atoms with Crippen molar-refractivity contribution in [2.45, 2.75) is 13.5 Å². The standard InChI is InChI=1S/C17H18O4/c1-12(18)14-6-9-16(20-3)17(10-14)21-11-13-4-7-15(19-2)8-5-13/h4-10H,11H2,1-3H3. The Balaban J connectivity index is 2.13. The molecule has 4 nitrogen and oxygen atoms in total. The lowest BCUT2D eigenvalue weighted by atomic mass is 10.1. The fourth-order valence-electron chi connectivity index (χ4n) is 1.89. The maximum absolute atomic E-state index is 11.4. The number of rotatable bonds is 6. The van der Waals surface area contributed by atoms with E-state index in [4.69, 9.17) is 14.2 Å². The molecule has 0 aromatic heterocycles. The molecule has 0 heterocycles. The third-order valence-electron chi connectivity index (χ3n) is 3.12. The lowest BCUT2D eigenvalue weighted by Crippen LogP contribution is -2.00. The van der Waals surface area contributed by atoms with Crippen molar-refractivity contribution in [1.82, 2.24) is 0 Å². The lowest BCUT2D eigenvalue weighted by Gasteiger charge is -2.12. The molecule has 0 unspecified atom stereocenters. The molecule has 2 aromatic carbocycles. The van der Waals surface area contributed by atoms with Crippen LogP contribution in [-0.4, -0.2) is 20.0 Å². The van der Waals surface area contributed by atoms with Crippen LogP contribution in [0.5, 0.6) is 17.2 Å². The van der Waals surface area contributed by atoms with E-state index in [9.17, 15) is 4.79 Å². The highest BCUT2D eigenvalue weighted by Gasteiger charge is 2.08. The molecule has 0 bridgehead atoms. The summed E-state index contributed by atoms with van der Waals surface area (Å²) < 4.78 is 16.1. The van der Waals surface area contributed by atoms with Crippen molar-refractivity contribution in [3.63, 3.8) is 0 Å². The predicted molar refractivity (Wildman–Crippen MR) is 80.3 cm³/mol. The van der Waals surface area contributed by atoms with Crippen LogP contribution in [0.15, 0.2) is 42.5 Å². The van der Waals surface area contributed by atoms with Gasteiger partial charge in [0.2, 0.25) is 0 Å². The molecule has 2 rings (SSSR count). The van der Waals surface area contributed by atoms with Crippen LogP contribution in [0.1, 0.15) is 22.8 Å². The summed E-state index contributed by atoms with van der Waals surface area (Å²) >= 11 is 0. The molecule has 0 amide bonds. The number of ether oxygens (including phenoxy) is 3. The summed E-state index contributed by atoms with van der Waals surface area (Å²) in [5.74, 6) is 1.95. The molecule has 0 aliphatic heterocycles. The topological polar surface area (TPSA) is 44.8 Å². The summed E-state index contributed by atoms with van der Waals surface area (Å²) in [5.41, 5.74) is 1.60.